The summed E-state index contributed by atoms with van der Waals surface area (Å²) in [6.45, 7) is 3.39. The Bertz CT molecular complexity index is 1360. The molecule has 1 aromatic heterocycles. The quantitative estimate of drug-likeness (QED) is 0.0296. The first kappa shape index (κ1) is 43.3. The number of amides is 5. The fourth-order valence-electron chi connectivity index (χ4n) is 5.68. The summed E-state index contributed by atoms with van der Waals surface area (Å²) < 4.78 is 0. The third-order valence-electron chi connectivity index (χ3n) is 8.91. The van der Waals surface area contributed by atoms with Gasteiger partial charge in [-0.3, -0.25) is 29.0 Å². The van der Waals surface area contributed by atoms with Gasteiger partial charge in [-0.05, 0) is 51.0 Å². The number of aliphatic imine (C=N–C) groups is 1. The lowest BCUT2D eigenvalue weighted by Crippen LogP contribution is -2.60. The summed E-state index contributed by atoms with van der Waals surface area (Å²) >= 11 is 0. The van der Waals surface area contributed by atoms with E-state index in [1.54, 1.807) is 13.8 Å². The minimum Gasteiger partial charge on any atom is -0.480 e. The second-order valence-corrected chi connectivity index (χ2v) is 12.9. The van der Waals surface area contributed by atoms with Crippen LogP contribution in [0.4, 0.5) is 0 Å². The van der Waals surface area contributed by atoms with Crippen molar-refractivity contribution in [2.24, 2.45) is 33.8 Å². The number of H-pyrrole nitrogens is 1. The number of nitrogens with zero attached hydrogens (tertiary/aromatic N) is 3. The molecule has 2 heterocycles. The molecule has 1 aliphatic rings. The first-order chi connectivity index (χ1) is 24.7. The normalized spacial score (nSPS) is 17.5. The van der Waals surface area contributed by atoms with Crippen LogP contribution in [0.3, 0.4) is 0 Å². The number of nitrogens with one attached hydrogen (secondary N) is 5. The van der Waals surface area contributed by atoms with Crippen LogP contribution in [0, 0.1) is 5.92 Å². The molecule has 52 heavy (non-hydrogen) atoms. The number of hydrogen-bond acceptors (Lipinski definition) is 11. The van der Waals surface area contributed by atoms with Crippen LogP contribution in [0.15, 0.2) is 17.5 Å². The summed E-state index contributed by atoms with van der Waals surface area (Å²) in [5.74, 6) is -5.33. The molecule has 0 unspecified atom stereocenters. The number of carboxylic acids is 1. The van der Waals surface area contributed by atoms with Gasteiger partial charge in [0.05, 0.1) is 19.0 Å². The molecule has 0 radical (unpaired) electrons. The highest BCUT2D eigenvalue weighted by Crippen LogP contribution is 2.20. The van der Waals surface area contributed by atoms with Crippen LogP contribution < -0.4 is 44.2 Å². The maximum absolute atomic E-state index is 13.9. The van der Waals surface area contributed by atoms with Crippen molar-refractivity contribution in [1.29, 1.82) is 0 Å². The van der Waals surface area contributed by atoms with E-state index in [4.69, 9.17) is 22.9 Å². The maximum Gasteiger partial charge on any atom is 0.326 e. The van der Waals surface area contributed by atoms with E-state index in [0.717, 1.165) is 0 Å². The number of guanidine groups is 1. The van der Waals surface area contributed by atoms with Gasteiger partial charge in [-0.2, -0.15) is 0 Å². The van der Waals surface area contributed by atoms with Crippen LogP contribution in [0.1, 0.15) is 70.9 Å². The molecule has 1 saturated heterocycles. The monoisotopic (exact) mass is 736 g/mol. The van der Waals surface area contributed by atoms with E-state index in [0.29, 0.717) is 50.8 Å². The molecule has 292 valence electrons. The minimum absolute atomic E-state index is 0.103. The highest BCUT2D eigenvalue weighted by molar-refractivity contribution is 5.96. The van der Waals surface area contributed by atoms with Crippen molar-refractivity contribution in [3.8, 4) is 0 Å². The number of nitrogens with two attached hydrogens (primary N) is 4. The highest BCUT2D eigenvalue weighted by atomic mass is 16.4. The third-order valence-corrected chi connectivity index (χ3v) is 8.91. The fourth-order valence-corrected chi connectivity index (χ4v) is 5.68. The standard InChI is InChI=1S/C32H56N12O8/c1-3-18(2)25(31(51)52)43-28(48)23(16-45)42-27(47)22(14-19-15-37-17-39-19)41-29(49)24-10-7-13-44(24)30(50)21(9-6-12-38-32(35)36)40-26(46)20(34)8-4-5-11-33/h15,17-18,20-25,45H,3-14,16,33-34H2,1-2H3,(H,37,39)(H,40,46)(H,41,49)(H,42,47)(H,43,48)(H,51,52)(H4,35,36,38)/t18-,20-,21-,22-,23-,24-,25-/m0/s1. The van der Waals surface area contributed by atoms with Crippen molar-refractivity contribution in [3.05, 3.63) is 18.2 Å². The van der Waals surface area contributed by atoms with Gasteiger partial charge in [-0.1, -0.05) is 26.7 Å². The number of carbonyl (C=O) groups excluding carboxylic acids is 5. The van der Waals surface area contributed by atoms with Gasteiger partial charge in [0.25, 0.3) is 0 Å². The molecular formula is C32H56N12O8. The Kier molecular flexibility index (Phi) is 18.5. The third kappa shape index (κ3) is 13.7. The number of imidazole rings is 1. The molecule has 15 N–H and O–H groups in total. The van der Waals surface area contributed by atoms with Crippen molar-refractivity contribution in [2.75, 3.05) is 26.2 Å². The number of aliphatic hydroxyl groups excluding tert-OH is 1. The van der Waals surface area contributed by atoms with Gasteiger partial charge >= 0.3 is 5.97 Å². The molecule has 0 aromatic carbocycles. The van der Waals surface area contributed by atoms with E-state index in [9.17, 15) is 39.0 Å². The zero-order valence-corrected chi connectivity index (χ0v) is 29.9. The zero-order valence-electron chi connectivity index (χ0n) is 29.9. The number of aromatic nitrogens is 2. The Labute approximate surface area is 302 Å². The predicted octanol–water partition coefficient (Wildman–Crippen LogP) is -3.48. The summed E-state index contributed by atoms with van der Waals surface area (Å²) in [6, 6.07) is -7.04. The summed E-state index contributed by atoms with van der Waals surface area (Å²) in [5, 5.41) is 29.7. The Morgan fingerprint density at radius 2 is 1.69 bits per heavy atom. The topological polar surface area (TPSA) is 339 Å². The molecule has 20 heteroatoms. The van der Waals surface area contributed by atoms with E-state index >= 15 is 0 Å². The second kappa shape index (κ2) is 22.2. The Morgan fingerprint density at radius 1 is 1.00 bits per heavy atom. The lowest BCUT2D eigenvalue weighted by Gasteiger charge is -2.30. The molecule has 5 amide bonds. The van der Waals surface area contributed by atoms with Crippen molar-refractivity contribution in [1.82, 2.24) is 36.1 Å². The number of carboxylic acid groups (broad SMARTS) is 1. The van der Waals surface area contributed by atoms with Crippen molar-refractivity contribution >= 4 is 41.5 Å². The number of aliphatic hydroxyl groups is 1. The van der Waals surface area contributed by atoms with E-state index in [1.165, 1.54) is 17.4 Å². The van der Waals surface area contributed by atoms with Crippen molar-refractivity contribution in [3.63, 3.8) is 0 Å². The molecule has 0 bridgehead atoms. The van der Waals surface area contributed by atoms with E-state index < -0.39 is 84.3 Å². The van der Waals surface area contributed by atoms with E-state index in [1.807, 2.05) is 0 Å². The number of carbonyl (C=O) groups is 6. The Morgan fingerprint density at radius 3 is 2.29 bits per heavy atom. The van der Waals surface area contributed by atoms with E-state index in [2.05, 4.69) is 36.2 Å². The first-order valence-electron chi connectivity index (χ1n) is 17.6. The molecule has 0 saturated carbocycles. The van der Waals surface area contributed by atoms with Gasteiger partial charge in [0.1, 0.15) is 30.2 Å². The summed E-state index contributed by atoms with van der Waals surface area (Å²) in [7, 11) is 0. The smallest absolute Gasteiger partial charge is 0.326 e. The number of likely N-dealkylation sites (tertiary alicyclic amines) is 1. The van der Waals surface area contributed by atoms with Gasteiger partial charge in [0.15, 0.2) is 5.96 Å². The number of hydrogen-bond donors (Lipinski definition) is 11. The summed E-state index contributed by atoms with van der Waals surface area (Å²) in [4.78, 5) is 91.0. The highest BCUT2D eigenvalue weighted by Gasteiger charge is 2.39. The van der Waals surface area contributed by atoms with Crippen LogP contribution >= 0.6 is 0 Å². The predicted molar refractivity (Wildman–Crippen MR) is 190 cm³/mol. The molecular weight excluding hydrogens is 680 g/mol. The molecule has 7 atom stereocenters. The van der Waals surface area contributed by atoms with Crippen LogP contribution in [0.25, 0.3) is 0 Å². The summed E-state index contributed by atoms with van der Waals surface area (Å²) in [6.07, 6.45) is 6.03. The number of aromatic amines is 1. The van der Waals surface area contributed by atoms with Crippen LogP contribution in [0.5, 0.6) is 0 Å². The molecule has 1 fully saturated rings. The van der Waals surface area contributed by atoms with Crippen molar-refractivity contribution < 1.29 is 39.0 Å². The second-order valence-electron chi connectivity index (χ2n) is 12.9. The van der Waals surface area contributed by atoms with Crippen LogP contribution in [-0.2, 0) is 35.2 Å². The Hall–Kier alpha value is -4.82. The van der Waals surface area contributed by atoms with Crippen molar-refractivity contribution in [2.45, 2.75) is 108 Å². The van der Waals surface area contributed by atoms with E-state index in [-0.39, 0.29) is 38.3 Å². The fraction of sp³-hybridized carbons (Fsp3) is 0.688. The van der Waals surface area contributed by atoms with Crippen LogP contribution in [0.2, 0.25) is 0 Å². The Balaban J connectivity index is 2.25. The molecule has 1 aromatic rings. The van der Waals surface area contributed by atoms with Gasteiger partial charge < -0.3 is 64.3 Å². The average Bonchev–Trinajstić information content (AvgIpc) is 3.82. The average molecular weight is 737 g/mol. The van der Waals surface area contributed by atoms with Gasteiger partial charge in [-0.15, -0.1) is 0 Å². The molecule has 0 aliphatic carbocycles. The van der Waals surface area contributed by atoms with Gasteiger partial charge in [-0.25, -0.2) is 9.78 Å². The molecule has 20 nitrogen and oxygen atoms in total. The number of unbranched alkanes of at least 4 members (excludes halogenated alkanes) is 1. The van der Waals surface area contributed by atoms with Crippen LogP contribution in [-0.4, -0.2) is 129 Å². The number of rotatable bonds is 23. The largest absolute Gasteiger partial charge is 0.480 e. The molecule has 1 aliphatic heterocycles. The summed E-state index contributed by atoms with van der Waals surface area (Å²) in [5.41, 5.74) is 22.9. The molecule has 0 spiro atoms. The zero-order chi connectivity index (χ0) is 38.8. The van der Waals surface area contributed by atoms with Gasteiger partial charge in [0, 0.05) is 31.4 Å². The SMILES string of the molecule is CC[C@H](C)[C@H](NC(=O)[C@H](CO)NC(=O)[C@H](Cc1cnc[nH]1)NC(=O)[C@@H]1CCCN1C(=O)[C@H](CCCN=C(N)N)NC(=O)[C@@H](N)CCCCN)C(=O)O. The first-order valence-corrected chi connectivity index (χ1v) is 17.6. The molecule has 2 rings (SSSR count). The van der Waals surface area contributed by atoms with Gasteiger partial charge in [0.2, 0.25) is 29.5 Å². The lowest BCUT2D eigenvalue weighted by molar-refractivity contribution is -0.144. The number of aliphatic carboxylic acids is 1. The lowest BCUT2D eigenvalue weighted by atomic mass is 9.99. The minimum atomic E-state index is -1.53. The maximum atomic E-state index is 13.9.